The van der Waals surface area contributed by atoms with Gasteiger partial charge in [-0.3, -0.25) is 19.7 Å². The lowest BCUT2D eigenvalue weighted by Gasteiger charge is -2.43. The van der Waals surface area contributed by atoms with Crippen LogP contribution in [0.4, 0.5) is 5.82 Å². The van der Waals surface area contributed by atoms with E-state index in [0.717, 1.165) is 29.7 Å². The van der Waals surface area contributed by atoms with Crippen LogP contribution in [0, 0.1) is 0 Å². The number of carbonyl (C=O) groups excluding carboxylic acids is 1. The Labute approximate surface area is 232 Å². The van der Waals surface area contributed by atoms with Gasteiger partial charge < -0.3 is 15.3 Å². The Kier molecular flexibility index (Phi) is 7.74. The van der Waals surface area contributed by atoms with E-state index in [2.05, 4.69) is 32.0 Å². The second-order valence-corrected chi connectivity index (χ2v) is 12.1. The van der Waals surface area contributed by atoms with Gasteiger partial charge >= 0.3 is 0 Å². The molecule has 0 bridgehead atoms. The number of anilines is 1. The number of aliphatic hydroxyl groups excluding tert-OH is 1. The quantitative estimate of drug-likeness (QED) is 0.344. The molecule has 0 radical (unpaired) electrons. The maximum Gasteiger partial charge on any atom is 0.253 e. The number of rotatable bonds is 7. The van der Waals surface area contributed by atoms with Crippen LogP contribution in [0.1, 0.15) is 23.0 Å². The molecule has 208 valence electrons. The monoisotopic (exact) mass is 561 g/mol. The number of aromatic nitrogens is 4. The zero-order chi connectivity index (χ0) is 28.4. The molecule has 1 aliphatic rings. The average Bonchev–Trinajstić information content (AvgIpc) is 2.95. The molecule has 40 heavy (non-hydrogen) atoms. The molecule has 1 fully saturated rings. The van der Waals surface area contributed by atoms with Crippen LogP contribution in [0.25, 0.3) is 22.3 Å². The van der Waals surface area contributed by atoms with Crippen molar-refractivity contribution in [3.8, 4) is 11.4 Å². The summed E-state index contributed by atoms with van der Waals surface area (Å²) in [5, 5.41) is 13.4. The third-order valence-electron chi connectivity index (χ3n) is 7.08. The van der Waals surface area contributed by atoms with Gasteiger partial charge in [0.15, 0.2) is 9.84 Å². The first kappa shape index (κ1) is 27.6. The highest BCUT2D eigenvalue weighted by Gasteiger charge is 2.29. The third kappa shape index (κ3) is 5.93. The van der Waals surface area contributed by atoms with E-state index in [9.17, 15) is 18.3 Å². The average molecular weight is 562 g/mol. The summed E-state index contributed by atoms with van der Waals surface area (Å²) < 4.78 is 23.6. The fourth-order valence-electron chi connectivity index (χ4n) is 4.77. The number of piperazine rings is 1. The minimum atomic E-state index is -3.48. The lowest BCUT2D eigenvalue weighted by molar-refractivity contribution is 0.0949. The van der Waals surface area contributed by atoms with Crippen LogP contribution in [-0.4, -0.2) is 89.4 Å². The Bertz CT molecular complexity index is 1660. The smallest absolute Gasteiger partial charge is 0.253 e. The molecule has 4 aromatic heterocycles. The van der Waals surface area contributed by atoms with E-state index in [1.807, 2.05) is 43.4 Å². The molecular weight excluding hydrogens is 530 g/mol. The summed E-state index contributed by atoms with van der Waals surface area (Å²) in [6.45, 7) is 3.89. The van der Waals surface area contributed by atoms with E-state index in [1.54, 1.807) is 6.20 Å². The Morgan fingerprint density at radius 2 is 1.88 bits per heavy atom. The van der Waals surface area contributed by atoms with Crippen molar-refractivity contribution in [3.05, 3.63) is 72.3 Å². The summed E-state index contributed by atoms with van der Waals surface area (Å²) in [5.41, 5.74) is 2.89. The first-order chi connectivity index (χ1) is 19.1. The molecule has 2 N–H and O–H groups in total. The lowest BCUT2D eigenvalue weighted by atomic mass is 10.1. The van der Waals surface area contributed by atoms with Gasteiger partial charge in [0, 0.05) is 49.4 Å². The number of sulfone groups is 1. The second kappa shape index (κ2) is 11.2. The van der Waals surface area contributed by atoms with Crippen LogP contribution >= 0.6 is 0 Å². The van der Waals surface area contributed by atoms with Gasteiger partial charge in [-0.1, -0.05) is 6.07 Å². The molecule has 1 amide bonds. The zero-order valence-corrected chi connectivity index (χ0v) is 23.3. The van der Waals surface area contributed by atoms with Crippen molar-refractivity contribution < 1.29 is 18.3 Å². The molecular formula is C28H31N7O4S. The number of fused-ring (bicyclic) bond motifs is 1. The molecule has 0 aliphatic carbocycles. The summed E-state index contributed by atoms with van der Waals surface area (Å²) in [6.07, 6.45) is 5.30. The summed E-state index contributed by atoms with van der Waals surface area (Å²) in [4.78, 5) is 35.0. The van der Waals surface area contributed by atoms with Crippen molar-refractivity contribution in [2.45, 2.75) is 30.4 Å². The Morgan fingerprint density at radius 1 is 1.07 bits per heavy atom. The molecule has 5 heterocycles. The van der Waals surface area contributed by atoms with Gasteiger partial charge in [0.2, 0.25) is 0 Å². The summed E-state index contributed by atoms with van der Waals surface area (Å²) in [5.74, 6) is 0.384. The third-order valence-corrected chi connectivity index (χ3v) is 8.16. The standard InChI is InChI=1S/C28H31N7O4S/c1-18-15-34(2)22(17-36)16-35(18)27-6-4-5-24(33-27)25-8-7-19-12-30-21(10-26(19)32-25)13-31-28(37)20-9-23(14-29-11-20)40(3,38)39/h4-12,14,18,22,36H,13,15-17H2,1-3H3,(H,31,37)/t18-,22+/m1/s1. The van der Waals surface area contributed by atoms with E-state index in [-0.39, 0.29) is 35.7 Å². The maximum atomic E-state index is 12.6. The van der Waals surface area contributed by atoms with Crippen LogP contribution < -0.4 is 10.2 Å². The van der Waals surface area contributed by atoms with Crippen LogP contribution in [0.2, 0.25) is 0 Å². The summed E-state index contributed by atoms with van der Waals surface area (Å²) >= 11 is 0. The number of pyridine rings is 4. The van der Waals surface area contributed by atoms with E-state index in [0.29, 0.717) is 23.4 Å². The molecule has 0 aromatic carbocycles. The first-order valence-corrected chi connectivity index (χ1v) is 14.8. The fraction of sp³-hybridized carbons (Fsp3) is 0.321. The number of carbonyl (C=O) groups is 1. The zero-order valence-electron chi connectivity index (χ0n) is 22.5. The maximum absolute atomic E-state index is 12.6. The number of amides is 1. The topological polar surface area (TPSA) is 142 Å². The predicted molar refractivity (Wildman–Crippen MR) is 152 cm³/mol. The van der Waals surface area contributed by atoms with Crippen LogP contribution in [0.5, 0.6) is 0 Å². The van der Waals surface area contributed by atoms with E-state index in [1.165, 1.54) is 18.5 Å². The van der Waals surface area contributed by atoms with Gasteiger partial charge in [0.25, 0.3) is 5.91 Å². The van der Waals surface area contributed by atoms with Gasteiger partial charge in [-0.15, -0.1) is 0 Å². The first-order valence-electron chi connectivity index (χ1n) is 12.9. The second-order valence-electron chi connectivity index (χ2n) is 10.1. The van der Waals surface area contributed by atoms with Crippen LogP contribution in [0.15, 0.2) is 66.0 Å². The van der Waals surface area contributed by atoms with Crippen LogP contribution in [-0.2, 0) is 16.4 Å². The number of hydrogen-bond acceptors (Lipinski definition) is 10. The highest BCUT2D eigenvalue weighted by Crippen LogP contribution is 2.25. The molecule has 1 aliphatic heterocycles. The van der Waals surface area contributed by atoms with Crippen molar-refractivity contribution in [1.29, 1.82) is 0 Å². The van der Waals surface area contributed by atoms with Gasteiger partial charge in [-0.2, -0.15) is 0 Å². The molecule has 0 unspecified atom stereocenters. The lowest BCUT2D eigenvalue weighted by Crippen LogP contribution is -2.57. The molecule has 0 spiro atoms. The number of hydrogen-bond donors (Lipinski definition) is 2. The Balaban J connectivity index is 1.34. The normalized spacial score (nSPS) is 18.1. The number of aliphatic hydroxyl groups is 1. The SMILES string of the molecule is C[C@@H]1CN(C)[C@H](CO)CN1c1cccc(-c2ccc3cnc(CNC(=O)c4cncc(S(C)(=O)=O)c4)cc3n2)n1. The number of nitrogens with one attached hydrogen (secondary N) is 1. The van der Waals surface area contributed by atoms with Crippen molar-refractivity contribution in [1.82, 2.24) is 30.2 Å². The number of likely N-dealkylation sites (N-methyl/N-ethyl adjacent to an activating group) is 1. The van der Waals surface area contributed by atoms with Gasteiger partial charge in [0.1, 0.15) is 5.82 Å². The molecule has 1 saturated heterocycles. The van der Waals surface area contributed by atoms with Gasteiger partial charge in [-0.05, 0) is 50.4 Å². The summed E-state index contributed by atoms with van der Waals surface area (Å²) in [7, 11) is -1.45. The van der Waals surface area contributed by atoms with Crippen molar-refractivity contribution >= 4 is 32.5 Å². The van der Waals surface area contributed by atoms with E-state index in [4.69, 9.17) is 9.97 Å². The highest BCUT2D eigenvalue weighted by atomic mass is 32.2. The van der Waals surface area contributed by atoms with Crippen LogP contribution in [0.3, 0.4) is 0 Å². The molecule has 5 rings (SSSR count). The van der Waals surface area contributed by atoms with Crippen molar-refractivity contribution in [3.63, 3.8) is 0 Å². The Morgan fingerprint density at radius 3 is 2.65 bits per heavy atom. The van der Waals surface area contributed by atoms with Gasteiger partial charge in [0.05, 0.1) is 52.3 Å². The summed E-state index contributed by atoms with van der Waals surface area (Å²) in [6, 6.07) is 13.1. The van der Waals surface area contributed by atoms with E-state index < -0.39 is 15.7 Å². The fourth-order valence-corrected chi connectivity index (χ4v) is 5.36. The highest BCUT2D eigenvalue weighted by molar-refractivity contribution is 7.90. The van der Waals surface area contributed by atoms with E-state index >= 15 is 0 Å². The largest absolute Gasteiger partial charge is 0.395 e. The van der Waals surface area contributed by atoms with Gasteiger partial charge in [-0.25, -0.2) is 18.4 Å². The molecule has 2 atom stereocenters. The molecule has 0 saturated carbocycles. The predicted octanol–water partition coefficient (Wildman–Crippen LogP) is 1.92. The Hall–Kier alpha value is -4.00. The number of nitrogens with zero attached hydrogens (tertiary/aromatic N) is 6. The van der Waals surface area contributed by atoms with Crippen molar-refractivity contribution in [2.75, 3.05) is 37.9 Å². The van der Waals surface area contributed by atoms with Crippen molar-refractivity contribution in [2.24, 2.45) is 0 Å². The molecule has 12 heteroatoms. The molecule has 4 aromatic rings. The minimum absolute atomic E-state index is 0.0197. The minimum Gasteiger partial charge on any atom is -0.395 e. The molecule has 11 nitrogen and oxygen atoms in total.